The number of carbonyl (C=O) groups excluding carboxylic acids is 1. The Hall–Kier alpha value is -1.26. The molecule has 5 heteroatoms. The van der Waals surface area contributed by atoms with E-state index in [1.807, 2.05) is 13.8 Å². The van der Waals surface area contributed by atoms with Crippen molar-refractivity contribution in [3.63, 3.8) is 0 Å². The Kier molecular flexibility index (Phi) is 4.10. The number of ether oxygens (including phenoxy) is 1. The van der Waals surface area contributed by atoms with E-state index in [1.165, 1.54) is 14.2 Å². The van der Waals surface area contributed by atoms with Crippen LogP contribution in [0.5, 0.6) is 0 Å². The zero-order valence-corrected chi connectivity index (χ0v) is 7.84. The van der Waals surface area contributed by atoms with Crippen molar-refractivity contribution in [2.24, 2.45) is 0 Å². The third-order valence-electron chi connectivity index (χ3n) is 1.21. The van der Waals surface area contributed by atoms with Crippen LogP contribution < -0.4 is 5.32 Å². The summed E-state index contributed by atoms with van der Waals surface area (Å²) < 4.78 is 4.56. The molecule has 0 rings (SSSR count). The molecule has 0 atom stereocenters. The third kappa shape index (κ3) is 3.23. The van der Waals surface area contributed by atoms with Crippen LogP contribution in [0, 0.1) is 5.41 Å². The highest BCUT2D eigenvalue weighted by molar-refractivity contribution is 5.91. The number of hydrogen-bond donors (Lipinski definition) is 2. The van der Waals surface area contributed by atoms with Crippen molar-refractivity contribution in [2.75, 3.05) is 14.2 Å². The van der Waals surface area contributed by atoms with Crippen molar-refractivity contribution in [3.8, 4) is 0 Å². The molecule has 70 valence electrons. The standard InChI is InChI=1S/C7H15N3O2/c1-5(2)9-7(11)10(3)6(8)12-4/h5,8H,1-4H3,(H,9,11). The molecular formula is C7H15N3O2. The lowest BCUT2D eigenvalue weighted by Crippen LogP contribution is -2.44. The normalized spacial score (nSPS) is 9.42. The van der Waals surface area contributed by atoms with Crippen LogP contribution in [-0.2, 0) is 4.74 Å². The second-order valence-electron chi connectivity index (χ2n) is 2.67. The lowest BCUT2D eigenvalue weighted by atomic mass is 10.4. The number of hydrogen-bond acceptors (Lipinski definition) is 3. The molecular weight excluding hydrogens is 158 g/mol. The first-order chi connectivity index (χ1) is 5.49. The Balaban J connectivity index is 4.01. The number of methoxy groups -OCH3 is 1. The molecule has 0 aliphatic heterocycles. The summed E-state index contributed by atoms with van der Waals surface area (Å²) in [6.07, 6.45) is 0. The molecule has 0 unspecified atom stereocenters. The first-order valence-corrected chi connectivity index (χ1v) is 3.65. The van der Waals surface area contributed by atoms with Gasteiger partial charge in [-0.2, -0.15) is 0 Å². The van der Waals surface area contributed by atoms with Crippen molar-refractivity contribution >= 4 is 12.1 Å². The minimum Gasteiger partial charge on any atom is -0.468 e. The van der Waals surface area contributed by atoms with Gasteiger partial charge in [0.25, 0.3) is 6.02 Å². The lowest BCUT2D eigenvalue weighted by molar-refractivity contribution is 0.213. The molecule has 0 bridgehead atoms. The minimum absolute atomic E-state index is 0.0598. The summed E-state index contributed by atoms with van der Waals surface area (Å²) in [5.41, 5.74) is 0. The van der Waals surface area contributed by atoms with Gasteiger partial charge in [0.1, 0.15) is 0 Å². The van der Waals surface area contributed by atoms with Gasteiger partial charge in [0.05, 0.1) is 7.11 Å². The van der Waals surface area contributed by atoms with Gasteiger partial charge in [-0.05, 0) is 13.8 Å². The van der Waals surface area contributed by atoms with Gasteiger partial charge in [0.2, 0.25) is 0 Å². The topological polar surface area (TPSA) is 65.4 Å². The van der Waals surface area contributed by atoms with E-state index in [4.69, 9.17) is 5.41 Å². The molecule has 12 heavy (non-hydrogen) atoms. The molecule has 0 aromatic carbocycles. The maximum atomic E-state index is 11.1. The van der Waals surface area contributed by atoms with Crippen LogP contribution in [0.3, 0.4) is 0 Å². The molecule has 0 spiro atoms. The summed E-state index contributed by atoms with van der Waals surface area (Å²) >= 11 is 0. The fourth-order valence-corrected chi connectivity index (χ4v) is 0.573. The maximum absolute atomic E-state index is 11.1. The molecule has 0 radical (unpaired) electrons. The van der Waals surface area contributed by atoms with Crippen LogP contribution in [0.4, 0.5) is 4.79 Å². The number of nitrogens with one attached hydrogen (secondary N) is 2. The van der Waals surface area contributed by atoms with Crippen LogP contribution >= 0.6 is 0 Å². The molecule has 0 aliphatic rings. The van der Waals surface area contributed by atoms with Crippen molar-refractivity contribution in [3.05, 3.63) is 0 Å². The summed E-state index contributed by atoms with van der Waals surface area (Å²) in [6, 6.07) is -0.449. The molecule has 0 aliphatic carbocycles. The van der Waals surface area contributed by atoms with Crippen LogP contribution in [0.15, 0.2) is 0 Å². The Morgan fingerprint density at radius 2 is 2.08 bits per heavy atom. The van der Waals surface area contributed by atoms with E-state index in [9.17, 15) is 4.79 Å². The minimum atomic E-state index is -0.336. The van der Waals surface area contributed by atoms with Gasteiger partial charge >= 0.3 is 6.03 Å². The van der Waals surface area contributed by atoms with Crippen LogP contribution in [0.1, 0.15) is 13.8 Å². The van der Waals surface area contributed by atoms with Crippen LogP contribution in [0.2, 0.25) is 0 Å². The first-order valence-electron chi connectivity index (χ1n) is 3.65. The lowest BCUT2D eigenvalue weighted by Gasteiger charge is -2.18. The van der Waals surface area contributed by atoms with Gasteiger partial charge in [0.15, 0.2) is 0 Å². The molecule has 0 saturated heterocycles. The van der Waals surface area contributed by atoms with Crippen molar-refractivity contribution in [1.29, 1.82) is 5.41 Å². The molecule has 0 heterocycles. The molecule has 2 amide bonds. The highest BCUT2D eigenvalue weighted by atomic mass is 16.5. The zero-order valence-electron chi connectivity index (χ0n) is 7.84. The van der Waals surface area contributed by atoms with Gasteiger partial charge in [-0.25, -0.2) is 4.79 Å². The Bertz CT molecular complexity index is 179. The van der Waals surface area contributed by atoms with E-state index in [1.54, 1.807) is 0 Å². The second kappa shape index (κ2) is 4.58. The van der Waals surface area contributed by atoms with E-state index in [0.717, 1.165) is 4.90 Å². The molecule has 2 N–H and O–H groups in total. The van der Waals surface area contributed by atoms with E-state index in [2.05, 4.69) is 10.1 Å². The number of rotatable bonds is 1. The van der Waals surface area contributed by atoms with Crippen molar-refractivity contribution in [1.82, 2.24) is 10.2 Å². The summed E-state index contributed by atoms with van der Waals surface area (Å²) in [5, 5.41) is 9.78. The average Bonchev–Trinajstić information content (AvgIpc) is 2.00. The Morgan fingerprint density at radius 3 is 2.42 bits per heavy atom. The van der Waals surface area contributed by atoms with Crippen LogP contribution in [0.25, 0.3) is 0 Å². The van der Waals surface area contributed by atoms with E-state index >= 15 is 0 Å². The van der Waals surface area contributed by atoms with Gasteiger partial charge in [-0.15, -0.1) is 0 Å². The monoisotopic (exact) mass is 173 g/mol. The average molecular weight is 173 g/mol. The fourth-order valence-electron chi connectivity index (χ4n) is 0.573. The molecule has 0 aromatic rings. The van der Waals surface area contributed by atoms with Crippen molar-refractivity contribution < 1.29 is 9.53 Å². The quantitative estimate of drug-likeness (QED) is 0.451. The maximum Gasteiger partial charge on any atom is 0.325 e. The fraction of sp³-hybridized carbons (Fsp3) is 0.714. The molecule has 0 aromatic heterocycles. The second-order valence-corrected chi connectivity index (χ2v) is 2.67. The third-order valence-corrected chi connectivity index (χ3v) is 1.21. The zero-order chi connectivity index (χ0) is 9.72. The summed E-state index contributed by atoms with van der Waals surface area (Å²) in [6.45, 7) is 3.70. The predicted octanol–water partition coefficient (Wildman–Crippen LogP) is 0.617. The summed E-state index contributed by atoms with van der Waals surface area (Å²) in [4.78, 5) is 12.2. The number of carbonyl (C=O) groups is 1. The number of urea groups is 1. The van der Waals surface area contributed by atoms with Gasteiger partial charge in [-0.3, -0.25) is 10.3 Å². The summed E-state index contributed by atoms with van der Waals surface area (Å²) in [5.74, 6) is 0. The van der Waals surface area contributed by atoms with E-state index in [-0.39, 0.29) is 18.1 Å². The highest BCUT2D eigenvalue weighted by Gasteiger charge is 2.13. The van der Waals surface area contributed by atoms with E-state index in [0.29, 0.717) is 0 Å². The summed E-state index contributed by atoms with van der Waals surface area (Å²) in [7, 11) is 2.82. The SMILES string of the molecule is COC(=N)N(C)C(=O)NC(C)C. The van der Waals surface area contributed by atoms with E-state index < -0.39 is 0 Å². The molecule has 5 nitrogen and oxygen atoms in total. The largest absolute Gasteiger partial charge is 0.468 e. The molecule has 0 saturated carbocycles. The number of nitrogens with zero attached hydrogens (tertiary/aromatic N) is 1. The van der Waals surface area contributed by atoms with Crippen molar-refractivity contribution in [2.45, 2.75) is 19.9 Å². The molecule has 0 fully saturated rings. The Morgan fingerprint density at radius 1 is 1.58 bits per heavy atom. The van der Waals surface area contributed by atoms with Gasteiger partial charge in [0, 0.05) is 13.1 Å². The first kappa shape index (κ1) is 10.7. The predicted molar refractivity (Wildman–Crippen MR) is 46.2 cm³/mol. The highest BCUT2D eigenvalue weighted by Crippen LogP contribution is 1.89. The Labute approximate surface area is 72.2 Å². The smallest absolute Gasteiger partial charge is 0.325 e. The van der Waals surface area contributed by atoms with Gasteiger partial charge in [-0.1, -0.05) is 0 Å². The number of amides is 2. The van der Waals surface area contributed by atoms with Crippen LogP contribution in [-0.4, -0.2) is 37.2 Å². The van der Waals surface area contributed by atoms with Gasteiger partial charge < -0.3 is 10.1 Å². The number of amidine groups is 1.